The summed E-state index contributed by atoms with van der Waals surface area (Å²) in [5.41, 5.74) is 0. The molecule has 61 heavy (non-hydrogen) atoms. The molecule has 0 N–H and O–H groups in total. The minimum Gasteiger partial charge on any atom is -0.462 e. The topological polar surface area (TPSA) is 78.9 Å². The fourth-order valence-corrected chi connectivity index (χ4v) is 7.59. The maximum absolute atomic E-state index is 12.8. The van der Waals surface area contributed by atoms with Gasteiger partial charge in [-0.2, -0.15) is 0 Å². The van der Waals surface area contributed by atoms with Gasteiger partial charge in [-0.05, 0) is 64.2 Å². The molecule has 6 heteroatoms. The zero-order valence-corrected chi connectivity index (χ0v) is 40.7. The van der Waals surface area contributed by atoms with Crippen molar-refractivity contribution < 1.29 is 28.6 Å². The van der Waals surface area contributed by atoms with Crippen LogP contribution in [-0.2, 0) is 28.6 Å². The number of hydrogen-bond acceptors (Lipinski definition) is 6. The molecular weight excluding hydrogens is 757 g/mol. The average Bonchev–Trinajstić information content (AvgIpc) is 3.26. The first kappa shape index (κ1) is 58.6. The Morgan fingerprint density at radius 1 is 0.328 bits per heavy atom. The molecule has 0 amide bonds. The summed E-state index contributed by atoms with van der Waals surface area (Å²) in [6, 6.07) is 0. The van der Waals surface area contributed by atoms with Crippen LogP contribution in [0, 0.1) is 0 Å². The number of allylic oxidation sites excluding steroid dienone is 6. The number of rotatable bonds is 48. The third-order valence-electron chi connectivity index (χ3n) is 11.6. The number of hydrogen-bond donors (Lipinski definition) is 0. The molecule has 0 aliphatic carbocycles. The molecule has 6 nitrogen and oxygen atoms in total. The lowest BCUT2D eigenvalue weighted by atomic mass is 10.0. The zero-order chi connectivity index (χ0) is 44.4. The Bertz CT molecular complexity index is 1030. The minimum atomic E-state index is -0.782. The highest BCUT2D eigenvalue weighted by Gasteiger charge is 2.19. The number of carbonyl (C=O) groups is 3. The Morgan fingerprint density at radius 2 is 0.607 bits per heavy atom. The number of ether oxygens (including phenoxy) is 3. The van der Waals surface area contributed by atoms with Crippen LogP contribution in [0.1, 0.15) is 278 Å². The van der Waals surface area contributed by atoms with Gasteiger partial charge in [-0.3, -0.25) is 14.4 Å². The van der Waals surface area contributed by atoms with E-state index in [1.807, 2.05) is 0 Å². The highest BCUT2D eigenvalue weighted by atomic mass is 16.6. The summed E-state index contributed by atoms with van der Waals surface area (Å²) in [5.74, 6) is -0.907. The predicted molar refractivity (Wildman–Crippen MR) is 261 cm³/mol. The first-order valence-electron chi connectivity index (χ1n) is 26.5. The van der Waals surface area contributed by atoms with Crippen LogP contribution in [0.3, 0.4) is 0 Å². The summed E-state index contributed by atoms with van der Waals surface area (Å²) >= 11 is 0. The molecule has 0 aliphatic heterocycles. The summed E-state index contributed by atoms with van der Waals surface area (Å²) < 4.78 is 16.8. The SMILES string of the molecule is CCCC/C=C\CCCCCCCC(=O)OCC(COC(=O)CCCCC/C=C\C=C/CCCCCCCCC)OC(=O)CCCCCCCCCCCCCCCCCC. The van der Waals surface area contributed by atoms with Crippen LogP contribution >= 0.6 is 0 Å². The summed E-state index contributed by atoms with van der Waals surface area (Å²) in [4.78, 5) is 37.9. The molecule has 356 valence electrons. The van der Waals surface area contributed by atoms with E-state index in [1.54, 1.807) is 0 Å². The molecular formula is C55H100O6. The number of carbonyl (C=O) groups excluding carboxylic acids is 3. The summed E-state index contributed by atoms with van der Waals surface area (Å²) in [5, 5.41) is 0. The van der Waals surface area contributed by atoms with Gasteiger partial charge in [0.05, 0.1) is 0 Å². The third kappa shape index (κ3) is 48.5. The Morgan fingerprint density at radius 3 is 0.984 bits per heavy atom. The molecule has 0 saturated heterocycles. The predicted octanol–water partition coefficient (Wildman–Crippen LogP) is 17.3. The Labute approximate surface area is 378 Å². The van der Waals surface area contributed by atoms with Crippen molar-refractivity contribution in [3.8, 4) is 0 Å². The van der Waals surface area contributed by atoms with Crippen LogP contribution in [0.4, 0.5) is 0 Å². The van der Waals surface area contributed by atoms with Crippen LogP contribution in [0.2, 0.25) is 0 Å². The van der Waals surface area contributed by atoms with Crippen LogP contribution in [0.25, 0.3) is 0 Å². The molecule has 0 heterocycles. The molecule has 0 radical (unpaired) electrons. The van der Waals surface area contributed by atoms with Gasteiger partial charge in [0, 0.05) is 19.3 Å². The first-order valence-corrected chi connectivity index (χ1v) is 26.5. The minimum absolute atomic E-state index is 0.0823. The Balaban J connectivity index is 4.37. The molecule has 1 unspecified atom stereocenters. The van der Waals surface area contributed by atoms with Gasteiger partial charge in [-0.1, -0.05) is 231 Å². The maximum atomic E-state index is 12.8. The molecule has 0 aliphatic rings. The molecule has 0 fully saturated rings. The van der Waals surface area contributed by atoms with E-state index < -0.39 is 6.10 Å². The third-order valence-corrected chi connectivity index (χ3v) is 11.6. The summed E-state index contributed by atoms with van der Waals surface area (Å²) in [6.45, 7) is 6.59. The highest BCUT2D eigenvalue weighted by molar-refractivity contribution is 5.71. The van der Waals surface area contributed by atoms with Gasteiger partial charge < -0.3 is 14.2 Å². The average molecular weight is 857 g/mol. The van der Waals surface area contributed by atoms with Crippen molar-refractivity contribution in [3.05, 3.63) is 36.5 Å². The molecule has 1 atom stereocenters. The van der Waals surface area contributed by atoms with E-state index in [9.17, 15) is 14.4 Å². The molecule has 0 saturated carbocycles. The molecule has 0 aromatic rings. The maximum Gasteiger partial charge on any atom is 0.306 e. The van der Waals surface area contributed by atoms with E-state index in [4.69, 9.17) is 14.2 Å². The van der Waals surface area contributed by atoms with E-state index in [0.717, 1.165) is 77.0 Å². The van der Waals surface area contributed by atoms with Crippen molar-refractivity contribution in [2.75, 3.05) is 13.2 Å². The van der Waals surface area contributed by atoms with E-state index in [2.05, 4.69) is 57.2 Å². The second kappa shape index (κ2) is 50.3. The Kier molecular flexibility index (Phi) is 48.3. The van der Waals surface area contributed by atoms with Gasteiger partial charge in [-0.15, -0.1) is 0 Å². The van der Waals surface area contributed by atoms with Crippen LogP contribution in [0.5, 0.6) is 0 Å². The van der Waals surface area contributed by atoms with Crippen molar-refractivity contribution in [2.24, 2.45) is 0 Å². The van der Waals surface area contributed by atoms with Crippen molar-refractivity contribution in [3.63, 3.8) is 0 Å². The van der Waals surface area contributed by atoms with Crippen molar-refractivity contribution in [1.82, 2.24) is 0 Å². The smallest absolute Gasteiger partial charge is 0.306 e. The Hall–Kier alpha value is -2.37. The van der Waals surface area contributed by atoms with E-state index >= 15 is 0 Å². The lowest BCUT2D eigenvalue weighted by Crippen LogP contribution is -2.30. The number of unbranched alkanes of at least 4 members (excludes halogenated alkanes) is 32. The molecule has 0 aromatic heterocycles. The number of esters is 3. The van der Waals surface area contributed by atoms with E-state index in [0.29, 0.717) is 19.3 Å². The van der Waals surface area contributed by atoms with Gasteiger partial charge in [0.2, 0.25) is 0 Å². The van der Waals surface area contributed by atoms with Gasteiger partial charge >= 0.3 is 17.9 Å². The van der Waals surface area contributed by atoms with Crippen molar-refractivity contribution >= 4 is 17.9 Å². The van der Waals surface area contributed by atoms with Crippen LogP contribution in [0.15, 0.2) is 36.5 Å². The van der Waals surface area contributed by atoms with Gasteiger partial charge in [0.1, 0.15) is 13.2 Å². The quantitative estimate of drug-likeness (QED) is 0.0199. The molecule has 0 spiro atoms. The fraction of sp³-hybridized carbons (Fsp3) is 0.836. The second-order valence-corrected chi connectivity index (χ2v) is 17.8. The molecule has 0 rings (SSSR count). The molecule has 0 aromatic carbocycles. The van der Waals surface area contributed by atoms with Crippen molar-refractivity contribution in [2.45, 2.75) is 284 Å². The summed E-state index contributed by atoms with van der Waals surface area (Å²) in [7, 11) is 0. The molecule has 0 bridgehead atoms. The fourth-order valence-electron chi connectivity index (χ4n) is 7.59. The monoisotopic (exact) mass is 857 g/mol. The van der Waals surface area contributed by atoms with Gasteiger partial charge in [-0.25, -0.2) is 0 Å². The normalized spacial score (nSPS) is 12.2. The first-order chi connectivity index (χ1) is 30.0. The lowest BCUT2D eigenvalue weighted by Gasteiger charge is -2.18. The van der Waals surface area contributed by atoms with Crippen molar-refractivity contribution in [1.29, 1.82) is 0 Å². The highest BCUT2D eigenvalue weighted by Crippen LogP contribution is 2.16. The van der Waals surface area contributed by atoms with E-state index in [1.165, 1.54) is 161 Å². The standard InChI is InChI=1S/C55H100O6/c1-4-7-10-13-16-19-22-24-26-28-30-33-36-39-42-45-48-54(57)60-51-52(50-59-53(56)47-44-41-38-35-32-21-18-15-12-9-6-3)61-55(58)49-46-43-40-37-34-31-29-27-25-23-20-17-14-11-8-5-2/h15,18,26,28,30,33,52H,4-14,16-17,19-25,27,29,31-32,34-51H2,1-3H3/b18-15-,28-26-,33-30-. The van der Waals surface area contributed by atoms with Gasteiger partial charge in [0.15, 0.2) is 6.10 Å². The zero-order valence-electron chi connectivity index (χ0n) is 40.7. The van der Waals surface area contributed by atoms with E-state index in [-0.39, 0.29) is 31.1 Å². The second-order valence-electron chi connectivity index (χ2n) is 17.8. The van der Waals surface area contributed by atoms with Gasteiger partial charge in [0.25, 0.3) is 0 Å². The largest absolute Gasteiger partial charge is 0.462 e. The van der Waals surface area contributed by atoms with Crippen LogP contribution < -0.4 is 0 Å². The van der Waals surface area contributed by atoms with Crippen LogP contribution in [-0.4, -0.2) is 37.2 Å². The summed E-state index contributed by atoms with van der Waals surface area (Å²) in [6.07, 6.45) is 58.4. The lowest BCUT2D eigenvalue weighted by molar-refractivity contribution is -0.167.